The third-order valence-corrected chi connectivity index (χ3v) is 3.41. The second-order valence-corrected chi connectivity index (χ2v) is 5.53. The van der Waals surface area contributed by atoms with E-state index >= 15 is 0 Å². The van der Waals surface area contributed by atoms with Crippen LogP contribution in [-0.2, 0) is 15.8 Å². The lowest BCUT2D eigenvalue weighted by molar-refractivity contribution is 0.580. The predicted molar refractivity (Wildman–Crippen MR) is 62.4 cm³/mol. The summed E-state index contributed by atoms with van der Waals surface area (Å²) < 4.78 is 25.5. The maximum atomic E-state index is 11.5. The van der Waals surface area contributed by atoms with Crippen molar-refractivity contribution < 1.29 is 8.42 Å². The third-order valence-electron chi connectivity index (χ3n) is 1.82. The molecule has 0 atom stereocenters. The molecule has 0 aliphatic carbocycles. The van der Waals surface area contributed by atoms with Crippen LogP contribution in [0.5, 0.6) is 0 Å². The zero-order valence-electron chi connectivity index (χ0n) is 8.53. The average Bonchev–Trinajstić information content (AvgIpc) is 2.14. The van der Waals surface area contributed by atoms with Crippen LogP contribution in [0.3, 0.4) is 0 Å². The van der Waals surface area contributed by atoms with E-state index in [0.717, 1.165) is 6.42 Å². The molecule has 0 spiro atoms. The quantitative estimate of drug-likeness (QED) is 0.867. The molecule has 0 aliphatic heterocycles. The molecule has 0 saturated heterocycles. The fourth-order valence-electron chi connectivity index (χ4n) is 1.15. The summed E-state index contributed by atoms with van der Waals surface area (Å²) in [6.45, 7) is 2.39. The van der Waals surface area contributed by atoms with Gasteiger partial charge in [-0.3, -0.25) is 0 Å². The Morgan fingerprint density at radius 3 is 2.73 bits per heavy atom. The number of rotatable bonds is 5. The largest absolute Gasteiger partial charge is 0.215 e. The molecule has 0 fully saturated rings. The van der Waals surface area contributed by atoms with Crippen molar-refractivity contribution in [2.24, 2.45) is 0 Å². The third kappa shape index (κ3) is 4.64. The van der Waals surface area contributed by atoms with Gasteiger partial charge in [0.1, 0.15) is 0 Å². The van der Waals surface area contributed by atoms with Gasteiger partial charge in [-0.25, -0.2) is 13.1 Å². The molecule has 15 heavy (non-hydrogen) atoms. The van der Waals surface area contributed by atoms with Gasteiger partial charge in [-0.2, -0.15) is 0 Å². The Balaban J connectivity index is 2.69. The minimum Gasteiger partial charge on any atom is -0.215 e. The molecule has 0 amide bonds. The van der Waals surface area contributed by atoms with E-state index in [2.05, 4.69) is 4.72 Å². The molecule has 1 aromatic rings. The monoisotopic (exact) mass is 247 g/mol. The van der Waals surface area contributed by atoms with Gasteiger partial charge in [0.2, 0.25) is 10.0 Å². The van der Waals surface area contributed by atoms with E-state index in [1.165, 1.54) is 0 Å². The number of hydrogen-bond donors (Lipinski definition) is 1. The van der Waals surface area contributed by atoms with E-state index in [4.69, 9.17) is 11.6 Å². The predicted octanol–water partition coefficient (Wildman–Crippen LogP) is 2.17. The van der Waals surface area contributed by atoms with E-state index in [1.54, 1.807) is 24.3 Å². The molecule has 1 aromatic carbocycles. The van der Waals surface area contributed by atoms with Gasteiger partial charge in [0, 0.05) is 11.6 Å². The summed E-state index contributed by atoms with van der Waals surface area (Å²) in [5.74, 6) is -0.0203. The summed E-state index contributed by atoms with van der Waals surface area (Å²) in [6.07, 6.45) is 0.786. The van der Waals surface area contributed by atoms with Crippen LogP contribution in [0.15, 0.2) is 24.3 Å². The van der Waals surface area contributed by atoms with Crippen molar-refractivity contribution in [3.05, 3.63) is 34.9 Å². The first-order valence-corrected chi connectivity index (χ1v) is 6.78. The highest BCUT2D eigenvalue weighted by Gasteiger charge is 2.10. The van der Waals surface area contributed by atoms with Crippen LogP contribution in [0.2, 0.25) is 5.02 Å². The van der Waals surface area contributed by atoms with Gasteiger partial charge in [-0.15, -0.1) is 0 Å². The molecule has 5 heteroatoms. The minimum absolute atomic E-state index is 0.0203. The summed E-state index contributed by atoms with van der Waals surface area (Å²) >= 11 is 5.76. The van der Waals surface area contributed by atoms with E-state index in [9.17, 15) is 8.42 Å². The molecule has 0 unspecified atom stereocenters. The molecule has 0 heterocycles. The number of sulfonamides is 1. The van der Waals surface area contributed by atoms with Crippen LogP contribution in [0.25, 0.3) is 0 Å². The van der Waals surface area contributed by atoms with Gasteiger partial charge in [0.15, 0.2) is 0 Å². The molecule has 0 aromatic heterocycles. The van der Waals surface area contributed by atoms with Crippen LogP contribution in [0.4, 0.5) is 0 Å². The lowest BCUT2D eigenvalue weighted by atomic mass is 10.2. The topological polar surface area (TPSA) is 46.2 Å². The highest BCUT2D eigenvalue weighted by molar-refractivity contribution is 7.88. The summed E-state index contributed by atoms with van der Waals surface area (Å²) in [7, 11) is -3.22. The Bertz CT molecular complexity index is 417. The smallest absolute Gasteiger partial charge is 0.215 e. The summed E-state index contributed by atoms with van der Waals surface area (Å²) in [5.41, 5.74) is 0.700. The normalized spacial score (nSPS) is 11.6. The van der Waals surface area contributed by atoms with Crippen molar-refractivity contribution in [1.29, 1.82) is 0 Å². The molecule has 1 rings (SSSR count). The molecule has 0 aliphatic rings. The Hall–Kier alpha value is -0.580. The van der Waals surface area contributed by atoms with Gasteiger partial charge in [-0.05, 0) is 24.1 Å². The van der Waals surface area contributed by atoms with Crippen LogP contribution < -0.4 is 4.72 Å². The molecule has 0 saturated carbocycles. The lowest BCUT2D eigenvalue weighted by Crippen LogP contribution is -2.25. The van der Waals surface area contributed by atoms with Crippen molar-refractivity contribution in [3.63, 3.8) is 0 Å². The average molecular weight is 248 g/mol. The molecule has 0 bridgehead atoms. The number of nitrogens with one attached hydrogen (secondary N) is 1. The second kappa shape index (κ2) is 5.49. The van der Waals surface area contributed by atoms with Gasteiger partial charge in [0.25, 0.3) is 0 Å². The molecule has 0 radical (unpaired) electrons. The summed E-state index contributed by atoms with van der Waals surface area (Å²) in [6, 6.07) is 6.87. The fourth-order valence-corrected chi connectivity index (χ4v) is 2.60. The van der Waals surface area contributed by atoms with E-state index in [-0.39, 0.29) is 5.75 Å². The van der Waals surface area contributed by atoms with Crippen LogP contribution in [-0.4, -0.2) is 15.0 Å². The molecule has 84 valence electrons. The first-order chi connectivity index (χ1) is 7.03. The van der Waals surface area contributed by atoms with Crippen molar-refractivity contribution in [1.82, 2.24) is 4.72 Å². The SMILES string of the molecule is CCCNS(=O)(=O)Cc1cccc(Cl)c1. The highest BCUT2D eigenvalue weighted by Crippen LogP contribution is 2.12. The fraction of sp³-hybridized carbons (Fsp3) is 0.400. The zero-order chi connectivity index (χ0) is 11.3. The lowest BCUT2D eigenvalue weighted by Gasteiger charge is -2.05. The Morgan fingerprint density at radius 2 is 2.13 bits per heavy atom. The van der Waals surface area contributed by atoms with Crippen molar-refractivity contribution in [3.8, 4) is 0 Å². The van der Waals surface area contributed by atoms with Gasteiger partial charge >= 0.3 is 0 Å². The number of hydrogen-bond acceptors (Lipinski definition) is 2. The van der Waals surface area contributed by atoms with Gasteiger partial charge < -0.3 is 0 Å². The Morgan fingerprint density at radius 1 is 1.40 bits per heavy atom. The highest BCUT2D eigenvalue weighted by atomic mass is 35.5. The van der Waals surface area contributed by atoms with Crippen molar-refractivity contribution >= 4 is 21.6 Å². The maximum absolute atomic E-state index is 11.5. The summed E-state index contributed by atoms with van der Waals surface area (Å²) in [5, 5.41) is 0.554. The summed E-state index contributed by atoms with van der Waals surface area (Å²) in [4.78, 5) is 0. The standard InChI is InChI=1S/C10H14ClNO2S/c1-2-6-12-15(13,14)8-9-4-3-5-10(11)7-9/h3-5,7,12H,2,6,8H2,1H3. The first-order valence-electron chi connectivity index (χ1n) is 4.75. The maximum Gasteiger partial charge on any atom is 0.215 e. The Labute approximate surface area is 95.5 Å². The van der Waals surface area contributed by atoms with Gasteiger partial charge in [0.05, 0.1) is 5.75 Å². The molecule has 1 N–H and O–H groups in total. The van der Waals surface area contributed by atoms with Crippen molar-refractivity contribution in [2.45, 2.75) is 19.1 Å². The zero-order valence-corrected chi connectivity index (χ0v) is 10.1. The van der Waals surface area contributed by atoms with Crippen LogP contribution in [0.1, 0.15) is 18.9 Å². The first kappa shape index (κ1) is 12.5. The van der Waals surface area contributed by atoms with E-state index < -0.39 is 10.0 Å². The Kier molecular flexibility index (Phi) is 4.57. The number of benzene rings is 1. The van der Waals surface area contributed by atoms with Gasteiger partial charge in [-0.1, -0.05) is 30.7 Å². The van der Waals surface area contributed by atoms with E-state index in [1.807, 2.05) is 6.92 Å². The number of halogens is 1. The van der Waals surface area contributed by atoms with Crippen LogP contribution in [0, 0.1) is 0 Å². The second-order valence-electron chi connectivity index (χ2n) is 3.28. The molecular weight excluding hydrogens is 234 g/mol. The van der Waals surface area contributed by atoms with Crippen LogP contribution >= 0.6 is 11.6 Å². The van der Waals surface area contributed by atoms with Crippen molar-refractivity contribution in [2.75, 3.05) is 6.54 Å². The molecular formula is C10H14ClNO2S. The van der Waals surface area contributed by atoms with E-state index in [0.29, 0.717) is 17.1 Å². The molecule has 3 nitrogen and oxygen atoms in total. The minimum atomic E-state index is -3.22.